The third-order valence-electron chi connectivity index (χ3n) is 3.56. The van der Waals surface area contributed by atoms with Crippen molar-refractivity contribution in [2.45, 2.75) is 27.0 Å². The summed E-state index contributed by atoms with van der Waals surface area (Å²) < 4.78 is 7.60. The van der Waals surface area contributed by atoms with E-state index in [0.29, 0.717) is 26.3 Å². The number of nitrogens with one attached hydrogen (secondary N) is 2. The Morgan fingerprint density at radius 1 is 1.20 bits per heavy atom. The molecule has 7 nitrogen and oxygen atoms in total. The molecule has 1 aromatic heterocycles. The first kappa shape index (κ1) is 21.4. The highest BCUT2D eigenvalue weighted by Gasteiger charge is 2.04. The molecule has 25 heavy (non-hydrogen) atoms. The van der Waals surface area contributed by atoms with Crippen LogP contribution in [0.5, 0.6) is 0 Å². The van der Waals surface area contributed by atoms with E-state index in [1.165, 1.54) is 5.56 Å². The van der Waals surface area contributed by atoms with E-state index >= 15 is 0 Å². The molecule has 0 atom stereocenters. The van der Waals surface area contributed by atoms with Crippen LogP contribution in [-0.2, 0) is 24.9 Å². The lowest BCUT2D eigenvalue weighted by Crippen LogP contribution is -2.39. The molecule has 0 amide bonds. The van der Waals surface area contributed by atoms with Crippen molar-refractivity contribution >= 4 is 29.9 Å². The zero-order valence-corrected chi connectivity index (χ0v) is 17.4. The second kappa shape index (κ2) is 11.8. The Hall–Kier alpha value is -1.68. The lowest BCUT2D eigenvalue weighted by atomic mass is 10.2. The number of nitrogens with zero attached hydrogens (tertiary/aromatic N) is 4. The van der Waals surface area contributed by atoms with Crippen molar-refractivity contribution in [1.82, 2.24) is 25.4 Å². The molecular formula is C17H27IN6O. The molecule has 0 radical (unpaired) electrons. The van der Waals surface area contributed by atoms with Crippen LogP contribution in [0.4, 0.5) is 0 Å². The van der Waals surface area contributed by atoms with Gasteiger partial charge in [-0.2, -0.15) is 0 Å². The van der Waals surface area contributed by atoms with Crippen LogP contribution in [-0.4, -0.2) is 40.4 Å². The molecule has 0 aliphatic heterocycles. The highest BCUT2D eigenvalue weighted by atomic mass is 127. The smallest absolute Gasteiger partial charge is 0.191 e. The van der Waals surface area contributed by atoms with Crippen molar-refractivity contribution in [2.24, 2.45) is 12.0 Å². The molecule has 0 saturated carbocycles. The van der Waals surface area contributed by atoms with Gasteiger partial charge >= 0.3 is 0 Å². The molecule has 2 aromatic rings. The maximum atomic E-state index is 5.66. The third-order valence-corrected chi connectivity index (χ3v) is 3.56. The fourth-order valence-electron chi connectivity index (χ4n) is 2.09. The number of guanidine groups is 1. The summed E-state index contributed by atoms with van der Waals surface area (Å²) in [6.45, 7) is 7.17. The first-order valence-corrected chi connectivity index (χ1v) is 8.19. The topological polar surface area (TPSA) is 76.4 Å². The summed E-state index contributed by atoms with van der Waals surface area (Å²) in [7, 11) is 1.94. The zero-order chi connectivity index (χ0) is 17.2. The molecular weight excluding hydrogens is 431 g/mol. The van der Waals surface area contributed by atoms with Gasteiger partial charge in [-0.15, -0.1) is 34.2 Å². The van der Waals surface area contributed by atoms with Crippen molar-refractivity contribution < 1.29 is 4.74 Å². The number of aryl methyl sites for hydroxylation is 1. The van der Waals surface area contributed by atoms with Crippen molar-refractivity contribution in [3.63, 3.8) is 0 Å². The van der Waals surface area contributed by atoms with Gasteiger partial charge in [0.2, 0.25) is 0 Å². The quantitative estimate of drug-likeness (QED) is 0.274. The average molecular weight is 458 g/mol. The first-order valence-electron chi connectivity index (χ1n) is 8.19. The maximum absolute atomic E-state index is 5.66. The SMILES string of the molecule is CCNC(=NCc1nnc(C)n1C)NCCOCc1ccccc1.I. The molecule has 2 N–H and O–H groups in total. The van der Waals surface area contributed by atoms with E-state index in [2.05, 4.69) is 38.0 Å². The van der Waals surface area contributed by atoms with Gasteiger partial charge < -0.3 is 19.9 Å². The summed E-state index contributed by atoms with van der Waals surface area (Å²) in [5.41, 5.74) is 1.18. The number of rotatable bonds is 8. The Morgan fingerprint density at radius 3 is 2.60 bits per heavy atom. The fraction of sp³-hybridized carbons (Fsp3) is 0.471. The van der Waals surface area contributed by atoms with Crippen molar-refractivity contribution in [3.05, 3.63) is 47.5 Å². The molecule has 0 aliphatic carbocycles. The molecule has 0 saturated heterocycles. The molecule has 0 bridgehead atoms. The van der Waals surface area contributed by atoms with E-state index in [-0.39, 0.29) is 24.0 Å². The highest BCUT2D eigenvalue weighted by molar-refractivity contribution is 14.0. The number of hydrogen-bond acceptors (Lipinski definition) is 4. The number of aromatic nitrogens is 3. The van der Waals surface area contributed by atoms with E-state index in [0.717, 1.165) is 24.2 Å². The van der Waals surface area contributed by atoms with Crippen molar-refractivity contribution in [2.75, 3.05) is 19.7 Å². The molecule has 0 spiro atoms. The molecule has 1 aromatic carbocycles. The summed E-state index contributed by atoms with van der Waals surface area (Å²) >= 11 is 0. The summed E-state index contributed by atoms with van der Waals surface area (Å²) in [5, 5.41) is 14.6. The van der Waals surface area contributed by atoms with Crippen LogP contribution in [0, 0.1) is 6.92 Å². The summed E-state index contributed by atoms with van der Waals surface area (Å²) in [6, 6.07) is 10.1. The molecule has 8 heteroatoms. The van der Waals surface area contributed by atoms with Crippen LogP contribution in [0.3, 0.4) is 0 Å². The summed E-state index contributed by atoms with van der Waals surface area (Å²) in [4.78, 5) is 4.53. The largest absolute Gasteiger partial charge is 0.375 e. The Balaban J connectivity index is 0.00000312. The molecule has 0 unspecified atom stereocenters. The lowest BCUT2D eigenvalue weighted by molar-refractivity contribution is 0.125. The third kappa shape index (κ3) is 7.39. The van der Waals surface area contributed by atoms with Gasteiger partial charge in [-0.25, -0.2) is 4.99 Å². The first-order chi connectivity index (χ1) is 11.7. The van der Waals surface area contributed by atoms with E-state index < -0.39 is 0 Å². The van der Waals surface area contributed by atoms with Crippen molar-refractivity contribution in [1.29, 1.82) is 0 Å². The number of benzene rings is 1. The fourth-order valence-corrected chi connectivity index (χ4v) is 2.09. The van der Waals surface area contributed by atoms with E-state index in [9.17, 15) is 0 Å². The van der Waals surface area contributed by atoms with E-state index in [1.807, 2.05) is 43.7 Å². The normalized spacial score (nSPS) is 11.1. The summed E-state index contributed by atoms with van der Waals surface area (Å²) in [5.74, 6) is 2.47. The highest BCUT2D eigenvalue weighted by Crippen LogP contribution is 2.00. The van der Waals surface area contributed by atoms with Crippen LogP contribution >= 0.6 is 24.0 Å². The summed E-state index contributed by atoms with van der Waals surface area (Å²) in [6.07, 6.45) is 0. The van der Waals surface area contributed by atoms with Gasteiger partial charge in [0.1, 0.15) is 12.4 Å². The molecule has 1 heterocycles. The van der Waals surface area contributed by atoms with Crippen molar-refractivity contribution in [3.8, 4) is 0 Å². The standard InChI is InChI=1S/C17H26N6O.HI/c1-4-18-17(20-12-16-22-21-14(2)23(16)3)19-10-11-24-13-15-8-6-5-7-9-15;/h5-9H,4,10-13H2,1-3H3,(H2,18,19,20);1H. The predicted octanol–water partition coefficient (Wildman–Crippen LogP) is 2.01. The van der Waals surface area contributed by atoms with Gasteiger partial charge in [-0.3, -0.25) is 0 Å². The lowest BCUT2D eigenvalue weighted by Gasteiger charge is -2.11. The Bertz CT molecular complexity index is 644. The van der Waals surface area contributed by atoms with E-state index in [1.54, 1.807) is 0 Å². The monoisotopic (exact) mass is 458 g/mol. The van der Waals surface area contributed by atoms with Gasteiger partial charge in [0.25, 0.3) is 0 Å². The van der Waals surface area contributed by atoms with Gasteiger partial charge in [0.05, 0.1) is 13.2 Å². The number of halogens is 1. The second-order valence-corrected chi connectivity index (χ2v) is 5.38. The van der Waals surface area contributed by atoms with Gasteiger partial charge in [0, 0.05) is 20.1 Å². The minimum absolute atomic E-state index is 0. The minimum atomic E-state index is 0. The Morgan fingerprint density at radius 2 is 1.96 bits per heavy atom. The maximum Gasteiger partial charge on any atom is 0.191 e. The van der Waals surface area contributed by atoms with Crippen LogP contribution < -0.4 is 10.6 Å². The minimum Gasteiger partial charge on any atom is -0.375 e. The van der Waals surface area contributed by atoms with Crippen LogP contribution in [0.2, 0.25) is 0 Å². The van der Waals surface area contributed by atoms with E-state index in [4.69, 9.17) is 4.74 Å². The van der Waals surface area contributed by atoms with Crippen LogP contribution in [0.25, 0.3) is 0 Å². The second-order valence-electron chi connectivity index (χ2n) is 5.38. The number of hydrogen-bond donors (Lipinski definition) is 2. The molecule has 138 valence electrons. The predicted molar refractivity (Wildman–Crippen MR) is 110 cm³/mol. The van der Waals surface area contributed by atoms with Gasteiger partial charge in [0.15, 0.2) is 11.8 Å². The van der Waals surface area contributed by atoms with Crippen LogP contribution in [0.15, 0.2) is 35.3 Å². The Kier molecular flexibility index (Phi) is 10.1. The molecule has 0 fully saturated rings. The number of aliphatic imine (C=N–C) groups is 1. The average Bonchev–Trinajstić information content (AvgIpc) is 2.92. The van der Waals surface area contributed by atoms with Gasteiger partial charge in [-0.05, 0) is 19.4 Å². The Labute approximate surface area is 166 Å². The molecule has 0 aliphatic rings. The van der Waals surface area contributed by atoms with Gasteiger partial charge in [-0.1, -0.05) is 30.3 Å². The number of ether oxygens (including phenoxy) is 1. The van der Waals surface area contributed by atoms with Crippen LogP contribution in [0.1, 0.15) is 24.1 Å². The zero-order valence-electron chi connectivity index (χ0n) is 15.0. The molecule has 2 rings (SSSR count).